The number of carbonyl (C=O) groups excluding carboxylic acids is 2. The lowest BCUT2D eigenvalue weighted by Crippen LogP contribution is -2.21. The van der Waals surface area contributed by atoms with E-state index in [1.807, 2.05) is 0 Å². The summed E-state index contributed by atoms with van der Waals surface area (Å²) in [6.07, 6.45) is -4.93. The summed E-state index contributed by atoms with van der Waals surface area (Å²) in [7, 11) is 1.20. The molecular weight excluding hydrogens is 305 g/mol. The minimum atomic E-state index is -4.93. The van der Waals surface area contributed by atoms with E-state index in [0.717, 1.165) is 12.1 Å². The van der Waals surface area contributed by atoms with Gasteiger partial charge in [0, 0.05) is 0 Å². The van der Waals surface area contributed by atoms with Gasteiger partial charge in [-0.25, -0.2) is 9.59 Å². The third-order valence-electron chi connectivity index (χ3n) is 2.62. The Morgan fingerprint density at radius 2 is 1.41 bits per heavy atom. The summed E-state index contributed by atoms with van der Waals surface area (Å²) < 4.78 is 53.9. The van der Waals surface area contributed by atoms with Gasteiger partial charge in [-0.2, -0.15) is 13.2 Å². The maximum Gasteiger partial charge on any atom is 0.418 e. The van der Waals surface area contributed by atoms with Crippen LogP contribution in [0.5, 0.6) is 5.75 Å². The van der Waals surface area contributed by atoms with E-state index in [2.05, 4.69) is 9.47 Å². The molecule has 0 saturated heterocycles. The van der Waals surface area contributed by atoms with Crippen LogP contribution in [-0.2, 0) is 15.7 Å². The summed E-state index contributed by atoms with van der Waals surface area (Å²) in [5.41, 5.74) is -2.99. The number of esters is 2. The molecule has 0 aliphatic heterocycles. The molecule has 0 bridgehead atoms. The molecule has 0 atom stereocenters. The second kappa shape index (κ2) is 7.15. The lowest BCUT2D eigenvalue weighted by molar-refractivity contribution is -0.138. The average molecular weight is 320 g/mol. The molecule has 122 valence electrons. The fourth-order valence-electron chi connectivity index (χ4n) is 1.78. The Morgan fingerprint density at radius 3 is 1.68 bits per heavy atom. The van der Waals surface area contributed by atoms with E-state index in [9.17, 15) is 22.8 Å². The number of rotatable bonds is 5. The minimum absolute atomic E-state index is 0.0842. The van der Waals surface area contributed by atoms with Crippen LogP contribution in [0, 0.1) is 0 Å². The number of halogens is 3. The van der Waals surface area contributed by atoms with Crippen molar-refractivity contribution in [2.24, 2.45) is 0 Å². The van der Waals surface area contributed by atoms with E-state index >= 15 is 0 Å². The Morgan fingerprint density at radius 1 is 1.00 bits per heavy atom. The lowest BCUT2D eigenvalue weighted by atomic mass is 9.99. The Labute approximate surface area is 125 Å². The van der Waals surface area contributed by atoms with Crippen molar-refractivity contribution in [2.75, 3.05) is 20.3 Å². The summed E-state index contributed by atoms with van der Waals surface area (Å²) in [5.74, 6) is -2.47. The fourth-order valence-corrected chi connectivity index (χ4v) is 1.78. The van der Waals surface area contributed by atoms with Crippen LogP contribution in [0.25, 0.3) is 0 Å². The van der Waals surface area contributed by atoms with Crippen molar-refractivity contribution in [3.63, 3.8) is 0 Å². The molecule has 22 heavy (non-hydrogen) atoms. The normalized spacial score (nSPS) is 11.0. The van der Waals surface area contributed by atoms with E-state index in [-0.39, 0.29) is 19.0 Å². The molecule has 0 aromatic heterocycles. The Balaban J connectivity index is 3.62. The second-order valence-corrected chi connectivity index (χ2v) is 4.04. The van der Waals surface area contributed by atoms with E-state index in [4.69, 9.17) is 4.74 Å². The van der Waals surface area contributed by atoms with Gasteiger partial charge in [-0.3, -0.25) is 0 Å². The maximum atomic E-state index is 13.3. The van der Waals surface area contributed by atoms with Crippen LogP contribution < -0.4 is 4.74 Å². The zero-order chi connectivity index (χ0) is 16.9. The standard InChI is InChI=1S/C14H15F3O5/c1-4-21-12(18)9-6-8(20-3)7-10(13(19)22-5-2)11(9)14(15,16)17/h6-7H,4-5H2,1-3H3. The number of hydrogen-bond donors (Lipinski definition) is 0. The highest BCUT2D eigenvalue weighted by atomic mass is 19.4. The molecule has 0 unspecified atom stereocenters. The third kappa shape index (κ3) is 3.90. The first kappa shape index (κ1) is 17.8. The molecule has 0 heterocycles. The van der Waals surface area contributed by atoms with E-state index in [0.29, 0.717) is 0 Å². The predicted molar refractivity (Wildman–Crippen MR) is 69.9 cm³/mol. The van der Waals surface area contributed by atoms with Gasteiger partial charge < -0.3 is 14.2 Å². The van der Waals surface area contributed by atoms with Crippen LogP contribution in [0.1, 0.15) is 40.1 Å². The number of benzene rings is 1. The lowest BCUT2D eigenvalue weighted by Gasteiger charge is -2.17. The molecule has 0 amide bonds. The van der Waals surface area contributed by atoms with Gasteiger partial charge in [-0.15, -0.1) is 0 Å². The number of hydrogen-bond acceptors (Lipinski definition) is 5. The van der Waals surface area contributed by atoms with Gasteiger partial charge in [-0.05, 0) is 26.0 Å². The van der Waals surface area contributed by atoms with Crippen molar-refractivity contribution in [3.8, 4) is 5.75 Å². The molecule has 0 radical (unpaired) electrons. The first-order valence-corrected chi connectivity index (χ1v) is 6.39. The van der Waals surface area contributed by atoms with E-state index in [1.54, 1.807) is 0 Å². The van der Waals surface area contributed by atoms with Gasteiger partial charge in [-0.1, -0.05) is 0 Å². The van der Waals surface area contributed by atoms with Crippen molar-refractivity contribution >= 4 is 11.9 Å². The predicted octanol–water partition coefficient (Wildman–Crippen LogP) is 3.07. The number of alkyl halides is 3. The van der Waals surface area contributed by atoms with Crippen LogP contribution in [0.3, 0.4) is 0 Å². The summed E-state index contributed by atoms with van der Waals surface area (Å²) in [6, 6.07) is 1.76. The average Bonchev–Trinajstić information content (AvgIpc) is 2.45. The van der Waals surface area contributed by atoms with Gasteiger partial charge in [0.2, 0.25) is 0 Å². The van der Waals surface area contributed by atoms with Gasteiger partial charge in [0.15, 0.2) is 0 Å². The second-order valence-electron chi connectivity index (χ2n) is 4.04. The SMILES string of the molecule is CCOC(=O)c1cc(OC)cc(C(=O)OCC)c1C(F)(F)F. The van der Waals surface area contributed by atoms with Crippen molar-refractivity contribution in [1.29, 1.82) is 0 Å². The van der Waals surface area contributed by atoms with Gasteiger partial charge in [0.25, 0.3) is 0 Å². The first-order chi connectivity index (χ1) is 10.3. The zero-order valence-electron chi connectivity index (χ0n) is 12.2. The minimum Gasteiger partial charge on any atom is -0.497 e. The topological polar surface area (TPSA) is 61.8 Å². The number of ether oxygens (including phenoxy) is 3. The van der Waals surface area contributed by atoms with E-state index in [1.165, 1.54) is 21.0 Å². The zero-order valence-corrected chi connectivity index (χ0v) is 12.2. The monoisotopic (exact) mass is 320 g/mol. The highest BCUT2D eigenvalue weighted by Crippen LogP contribution is 2.37. The number of methoxy groups -OCH3 is 1. The van der Waals surface area contributed by atoms with Crippen molar-refractivity contribution < 1.29 is 37.0 Å². The van der Waals surface area contributed by atoms with Crippen molar-refractivity contribution in [3.05, 3.63) is 28.8 Å². The van der Waals surface area contributed by atoms with Crippen LogP contribution in [0.4, 0.5) is 13.2 Å². The molecular formula is C14H15F3O5. The molecule has 5 nitrogen and oxygen atoms in total. The van der Waals surface area contributed by atoms with Crippen LogP contribution >= 0.6 is 0 Å². The summed E-state index contributed by atoms with van der Waals surface area (Å²) in [6.45, 7) is 2.69. The highest BCUT2D eigenvalue weighted by Gasteiger charge is 2.41. The largest absolute Gasteiger partial charge is 0.497 e. The third-order valence-corrected chi connectivity index (χ3v) is 2.62. The Bertz CT molecular complexity index is 527. The van der Waals surface area contributed by atoms with Crippen LogP contribution in [0.15, 0.2) is 12.1 Å². The molecule has 1 rings (SSSR count). The van der Waals surface area contributed by atoms with Gasteiger partial charge in [0.1, 0.15) is 5.75 Å². The summed E-state index contributed by atoms with van der Waals surface area (Å²) >= 11 is 0. The maximum absolute atomic E-state index is 13.3. The molecule has 0 spiro atoms. The number of carbonyl (C=O) groups is 2. The molecule has 0 N–H and O–H groups in total. The molecule has 1 aromatic rings. The van der Waals surface area contributed by atoms with Crippen molar-refractivity contribution in [2.45, 2.75) is 20.0 Å². The molecule has 0 saturated carbocycles. The van der Waals surface area contributed by atoms with Gasteiger partial charge >= 0.3 is 18.1 Å². The Kier molecular flexibility index (Phi) is 5.78. The Hall–Kier alpha value is -2.25. The molecule has 0 aliphatic carbocycles. The van der Waals surface area contributed by atoms with Gasteiger partial charge in [0.05, 0.1) is 37.0 Å². The molecule has 1 aromatic carbocycles. The highest BCUT2D eigenvalue weighted by molar-refractivity contribution is 5.99. The molecule has 8 heteroatoms. The molecule has 0 aliphatic rings. The van der Waals surface area contributed by atoms with Crippen LogP contribution in [0.2, 0.25) is 0 Å². The van der Waals surface area contributed by atoms with Crippen molar-refractivity contribution in [1.82, 2.24) is 0 Å². The smallest absolute Gasteiger partial charge is 0.418 e. The quantitative estimate of drug-likeness (QED) is 0.780. The first-order valence-electron chi connectivity index (χ1n) is 6.39. The van der Waals surface area contributed by atoms with E-state index < -0.39 is 34.8 Å². The summed E-state index contributed by atoms with van der Waals surface area (Å²) in [4.78, 5) is 23.6. The summed E-state index contributed by atoms with van der Waals surface area (Å²) in [5, 5.41) is 0. The fraction of sp³-hybridized carbons (Fsp3) is 0.429. The van der Waals surface area contributed by atoms with Crippen LogP contribution in [-0.4, -0.2) is 32.3 Å². The molecule has 0 fully saturated rings.